The number of amides is 3. The molecule has 0 radical (unpaired) electrons. The number of carbonyl (C=O) groups is 3. The van der Waals surface area contributed by atoms with Gasteiger partial charge in [0.15, 0.2) is 5.13 Å². The van der Waals surface area contributed by atoms with Gasteiger partial charge in [-0.15, -0.1) is 23.1 Å². The van der Waals surface area contributed by atoms with E-state index in [1.165, 1.54) is 23.1 Å². The quantitative estimate of drug-likeness (QED) is 0.0873. The summed E-state index contributed by atoms with van der Waals surface area (Å²) in [7, 11) is 1.58. The predicted octanol–water partition coefficient (Wildman–Crippen LogP) is 8.70. The number of methoxy groups -OCH3 is 1. The van der Waals surface area contributed by atoms with Crippen molar-refractivity contribution in [2.24, 2.45) is 0 Å². The number of anilines is 2. The fourth-order valence-electron chi connectivity index (χ4n) is 4.90. The Hall–Kier alpha value is -5.97. The molecule has 6 rings (SSSR count). The molecule has 0 bridgehead atoms. The van der Waals surface area contributed by atoms with Crippen molar-refractivity contribution in [1.29, 1.82) is 0 Å². The van der Waals surface area contributed by atoms with E-state index < -0.39 is 17.1 Å². The Morgan fingerprint density at radius 2 is 1.40 bits per heavy atom. The molecule has 0 spiro atoms. The third kappa shape index (κ3) is 8.93. The van der Waals surface area contributed by atoms with Crippen LogP contribution in [-0.2, 0) is 9.59 Å². The molecular formula is C40H32N4O4S2. The molecule has 8 nitrogen and oxygen atoms in total. The molecule has 3 amide bonds. The zero-order valence-corrected chi connectivity index (χ0v) is 28.5. The molecule has 248 valence electrons. The van der Waals surface area contributed by atoms with Crippen LogP contribution < -0.4 is 20.7 Å². The van der Waals surface area contributed by atoms with E-state index >= 15 is 0 Å². The zero-order valence-electron chi connectivity index (χ0n) is 26.9. The molecule has 0 aliphatic heterocycles. The molecule has 0 saturated heterocycles. The fourth-order valence-corrected chi connectivity index (χ4v) is 6.65. The number of benzene rings is 5. The number of hydrogen-bond acceptors (Lipinski definition) is 7. The Morgan fingerprint density at radius 1 is 0.760 bits per heavy atom. The summed E-state index contributed by atoms with van der Waals surface area (Å²) in [5.41, 5.74) is 4.34. The number of nitrogens with zero attached hydrogens (tertiary/aromatic N) is 1. The molecule has 1 atom stereocenters. The third-order valence-electron chi connectivity index (χ3n) is 7.47. The topological polar surface area (TPSA) is 109 Å². The number of aromatic nitrogens is 1. The molecule has 0 fully saturated rings. The van der Waals surface area contributed by atoms with Gasteiger partial charge < -0.3 is 20.7 Å². The summed E-state index contributed by atoms with van der Waals surface area (Å²) in [6.45, 7) is 0. The summed E-state index contributed by atoms with van der Waals surface area (Å²) in [6.07, 6.45) is 1.61. The number of hydrogen-bond donors (Lipinski definition) is 3. The van der Waals surface area contributed by atoms with Crippen LogP contribution in [0, 0.1) is 0 Å². The van der Waals surface area contributed by atoms with Gasteiger partial charge in [-0.3, -0.25) is 14.4 Å². The number of rotatable bonds is 12. The minimum Gasteiger partial charge on any atom is -0.497 e. The maximum atomic E-state index is 13.7. The van der Waals surface area contributed by atoms with Gasteiger partial charge in [-0.25, -0.2) is 4.98 Å². The monoisotopic (exact) mass is 696 g/mol. The summed E-state index contributed by atoms with van der Waals surface area (Å²) in [5.74, 6) is -0.432. The van der Waals surface area contributed by atoms with Crippen LogP contribution in [0.25, 0.3) is 17.3 Å². The molecule has 1 unspecified atom stereocenters. The first-order valence-corrected chi connectivity index (χ1v) is 17.4. The average Bonchev–Trinajstić information content (AvgIpc) is 3.64. The standard InChI is InChI=1S/C40H32N4O4S2/c1-48-32-21-17-27(18-22-32)25-34(42-37(45)30-15-9-4-10-16-30)38(46)41-31-19-23-33(24-20-31)50-36(29-13-7-3-8-14-29)39(47)44-40-43-35(26-49-40)28-11-5-2-6-12-28/h2-26,36H,1H3,(H,41,46)(H,42,45)(H,43,44,47)/b34-25-. The Balaban J connectivity index is 1.17. The van der Waals surface area contributed by atoms with Crippen LogP contribution in [0.1, 0.15) is 26.7 Å². The normalized spacial score (nSPS) is 11.7. The van der Waals surface area contributed by atoms with E-state index in [2.05, 4.69) is 20.9 Å². The van der Waals surface area contributed by atoms with E-state index in [1.807, 2.05) is 84.2 Å². The summed E-state index contributed by atoms with van der Waals surface area (Å²) in [5, 5.41) is 10.5. The van der Waals surface area contributed by atoms with Gasteiger partial charge in [-0.2, -0.15) is 0 Å². The van der Waals surface area contributed by atoms with E-state index in [-0.39, 0.29) is 11.6 Å². The largest absolute Gasteiger partial charge is 0.497 e. The van der Waals surface area contributed by atoms with Crippen molar-refractivity contribution in [2.45, 2.75) is 10.1 Å². The van der Waals surface area contributed by atoms with Gasteiger partial charge >= 0.3 is 0 Å². The average molecular weight is 697 g/mol. The van der Waals surface area contributed by atoms with E-state index in [0.29, 0.717) is 27.7 Å². The molecule has 0 aliphatic carbocycles. The number of thioether (sulfide) groups is 1. The number of nitrogens with one attached hydrogen (secondary N) is 3. The Labute approximate surface area is 298 Å². The van der Waals surface area contributed by atoms with Gasteiger partial charge in [0, 0.05) is 27.1 Å². The van der Waals surface area contributed by atoms with Crippen molar-refractivity contribution in [3.63, 3.8) is 0 Å². The lowest BCUT2D eigenvalue weighted by molar-refractivity contribution is -0.116. The van der Waals surface area contributed by atoms with Gasteiger partial charge in [0.25, 0.3) is 11.8 Å². The first kappa shape index (κ1) is 33.9. The minimum atomic E-state index is -0.562. The lowest BCUT2D eigenvalue weighted by Gasteiger charge is -2.17. The molecule has 1 heterocycles. The van der Waals surface area contributed by atoms with Crippen LogP contribution in [0.2, 0.25) is 0 Å². The Bertz CT molecular complexity index is 2090. The van der Waals surface area contributed by atoms with E-state index in [4.69, 9.17) is 4.74 Å². The summed E-state index contributed by atoms with van der Waals surface area (Å²) in [6, 6.07) is 42.4. The highest BCUT2D eigenvalue weighted by Crippen LogP contribution is 2.37. The van der Waals surface area contributed by atoms with Crippen LogP contribution in [0.3, 0.4) is 0 Å². The highest BCUT2D eigenvalue weighted by atomic mass is 32.2. The molecule has 3 N–H and O–H groups in total. The zero-order chi connectivity index (χ0) is 34.7. The van der Waals surface area contributed by atoms with Crippen molar-refractivity contribution in [2.75, 3.05) is 17.7 Å². The molecule has 0 aliphatic rings. The highest BCUT2D eigenvalue weighted by molar-refractivity contribution is 8.00. The van der Waals surface area contributed by atoms with Crippen molar-refractivity contribution in [3.8, 4) is 17.0 Å². The maximum Gasteiger partial charge on any atom is 0.272 e. The SMILES string of the molecule is COc1ccc(/C=C(\NC(=O)c2ccccc2)C(=O)Nc2ccc(SC(C(=O)Nc3nc(-c4ccccc4)cs3)c3ccccc3)cc2)cc1. The number of thiazole rings is 1. The van der Waals surface area contributed by atoms with Crippen molar-refractivity contribution in [1.82, 2.24) is 10.3 Å². The molecule has 1 aromatic heterocycles. The lowest BCUT2D eigenvalue weighted by Crippen LogP contribution is -2.30. The van der Waals surface area contributed by atoms with Crippen molar-refractivity contribution < 1.29 is 19.1 Å². The minimum absolute atomic E-state index is 0.0703. The Morgan fingerprint density at radius 3 is 2.06 bits per heavy atom. The van der Waals surface area contributed by atoms with Crippen molar-refractivity contribution >= 4 is 57.7 Å². The van der Waals surface area contributed by atoms with Crippen LogP contribution in [0.15, 0.2) is 155 Å². The molecule has 0 saturated carbocycles. The van der Waals surface area contributed by atoms with E-state index in [1.54, 1.807) is 73.8 Å². The molecule has 5 aromatic carbocycles. The smallest absolute Gasteiger partial charge is 0.272 e. The van der Waals surface area contributed by atoms with Crippen LogP contribution >= 0.6 is 23.1 Å². The number of carbonyl (C=O) groups excluding carboxylic acids is 3. The molecule has 6 aromatic rings. The molecular weight excluding hydrogens is 665 g/mol. The Kier molecular flexibility index (Phi) is 11.1. The second-order valence-electron chi connectivity index (χ2n) is 10.9. The second-order valence-corrected chi connectivity index (χ2v) is 13.0. The predicted molar refractivity (Wildman–Crippen MR) is 201 cm³/mol. The first-order chi connectivity index (χ1) is 24.4. The van der Waals surface area contributed by atoms with Crippen LogP contribution in [0.5, 0.6) is 5.75 Å². The third-order valence-corrected chi connectivity index (χ3v) is 9.49. The lowest BCUT2D eigenvalue weighted by atomic mass is 10.1. The van der Waals surface area contributed by atoms with Crippen molar-refractivity contribution in [3.05, 3.63) is 167 Å². The second kappa shape index (κ2) is 16.4. The molecule has 10 heteroatoms. The van der Waals surface area contributed by atoms with Gasteiger partial charge in [0.05, 0.1) is 12.8 Å². The molecule has 50 heavy (non-hydrogen) atoms. The fraction of sp³-hybridized carbons (Fsp3) is 0.0500. The van der Waals surface area contributed by atoms with E-state index in [9.17, 15) is 14.4 Å². The van der Waals surface area contributed by atoms with Gasteiger partial charge in [-0.05, 0) is 65.7 Å². The number of ether oxygens (including phenoxy) is 1. The van der Waals surface area contributed by atoms with Gasteiger partial charge in [0.1, 0.15) is 16.7 Å². The van der Waals surface area contributed by atoms with E-state index in [0.717, 1.165) is 21.7 Å². The van der Waals surface area contributed by atoms with Gasteiger partial charge in [-0.1, -0.05) is 91.0 Å². The highest BCUT2D eigenvalue weighted by Gasteiger charge is 2.23. The summed E-state index contributed by atoms with van der Waals surface area (Å²) in [4.78, 5) is 45.6. The van der Waals surface area contributed by atoms with Crippen LogP contribution in [0.4, 0.5) is 10.8 Å². The summed E-state index contributed by atoms with van der Waals surface area (Å²) < 4.78 is 5.24. The van der Waals surface area contributed by atoms with Gasteiger partial charge in [0.2, 0.25) is 5.91 Å². The first-order valence-electron chi connectivity index (χ1n) is 15.6. The van der Waals surface area contributed by atoms with Crippen LogP contribution in [-0.4, -0.2) is 29.8 Å². The summed E-state index contributed by atoms with van der Waals surface area (Å²) >= 11 is 2.77. The maximum absolute atomic E-state index is 13.7.